The number of benzene rings is 3. The number of hydrogen-bond acceptors (Lipinski definition) is 10. The maximum atomic E-state index is 12.9. The van der Waals surface area contributed by atoms with Gasteiger partial charge in [-0.15, -0.1) is 0 Å². The summed E-state index contributed by atoms with van der Waals surface area (Å²) >= 11 is 0. The first-order chi connectivity index (χ1) is 20.2. The molecule has 5 aromatic rings. The van der Waals surface area contributed by atoms with Crippen LogP contribution >= 0.6 is 0 Å². The van der Waals surface area contributed by atoms with Crippen LogP contribution in [-0.4, -0.2) is 27.6 Å². The van der Waals surface area contributed by atoms with Gasteiger partial charge in [0.1, 0.15) is 34.2 Å². The van der Waals surface area contributed by atoms with Gasteiger partial charge in [-0.1, -0.05) is 6.07 Å². The van der Waals surface area contributed by atoms with Gasteiger partial charge < -0.3 is 33.6 Å². The summed E-state index contributed by atoms with van der Waals surface area (Å²) in [5.41, 5.74) is 1.95. The minimum atomic E-state index is -1.17. The predicted molar refractivity (Wildman–Crippen MR) is 149 cm³/mol. The van der Waals surface area contributed by atoms with Crippen molar-refractivity contribution in [1.82, 2.24) is 0 Å². The number of aliphatic hydroxyl groups excluding tert-OH is 1. The molecule has 10 nitrogen and oxygen atoms in total. The summed E-state index contributed by atoms with van der Waals surface area (Å²) in [6.45, 7) is 0. The van der Waals surface area contributed by atoms with Gasteiger partial charge in [-0.05, 0) is 71.7 Å². The molecular formula is C32H20O10. The zero-order valence-corrected chi connectivity index (χ0v) is 21.6. The van der Waals surface area contributed by atoms with E-state index in [-0.39, 0.29) is 46.0 Å². The minimum absolute atomic E-state index is 0.0255. The molecule has 0 bridgehead atoms. The number of aromatic hydroxyl groups is 2. The van der Waals surface area contributed by atoms with Gasteiger partial charge in [-0.3, -0.25) is 0 Å². The quantitative estimate of drug-likeness (QED) is 0.208. The number of hydrogen-bond donors (Lipinski definition) is 3. The lowest BCUT2D eigenvalue weighted by Crippen LogP contribution is -2.34. The summed E-state index contributed by atoms with van der Waals surface area (Å²) in [7, 11) is 0. The molecule has 2 aliphatic rings. The first-order valence-corrected chi connectivity index (χ1v) is 12.9. The van der Waals surface area contributed by atoms with Crippen LogP contribution in [0.2, 0.25) is 0 Å². The molecule has 208 valence electrons. The Labute approximate surface area is 235 Å². The fourth-order valence-electron chi connectivity index (χ4n) is 5.34. The number of aliphatic hydroxyl groups is 1. The molecule has 1 atom stereocenters. The van der Waals surface area contributed by atoms with Gasteiger partial charge in [0.05, 0.1) is 11.1 Å². The Morgan fingerprint density at radius 3 is 2.19 bits per heavy atom. The smallest absolute Gasteiger partial charge is 0.337 e. The van der Waals surface area contributed by atoms with Crippen LogP contribution < -0.4 is 16.0 Å². The second-order valence-corrected chi connectivity index (χ2v) is 10.1. The van der Waals surface area contributed by atoms with Crippen molar-refractivity contribution >= 4 is 33.7 Å². The average Bonchev–Trinajstić information content (AvgIpc) is 2.94. The number of phenolic OH excluding ortho intramolecular Hbond substituents is 2. The van der Waals surface area contributed by atoms with Crippen LogP contribution in [0.25, 0.3) is 27.7 Å². The minimum Gasteiger partial charge on any atom is -0.508 e. The van der Waals surface area contributed by atoms with Gasteiger partial charge in [-0.25, -0.2) is 14.4 Å². The molecule has 0 amide bonds. The molecule has 0 radical (unpaired) electrons. The van der Waals surface area contributed by atoms with Crippen LogP contribution in [0.15, 0.2) is 102 Å². The third-order valence-corrected chi connectivity index (χ3v) is 7.27. The molecule has 42 heavy (non-hydrogen) atoms. The van der Waals surface area contributed by atoms with Gasteiger partial charge in [0.2, 0.25) is 0 Å². The fourth-order valence-corrected chi connectivity index (χ4v) is 5.34. The molecule has 2 aromatic heterocycles. The van der Waals surface area contributed by atoms with Crippen molar-refractivity contribution in [2.24, 2.45) is 0 Å². The zero-order valence-electron chi connectivity index (χ0n) is 21.6. The molecule has 4 heterocycles. The van der Waals surface area contributed by atoms with Crippen molar-refractivity contribution in [3.8, 4) is 17.2 Å². The van der Waals surface area contributed by atoms with Crippen LogP contribution in [0.3, 0.4) is 0 Å². The summed E-state index contributed by atoms with van der Waals surface area (Å²) in [6, 6.07) is 16.6. The molecule has 0 saturated heterocycles. The maximum Gasteiger partial charge on any atom is 0.337 e. The Balaban J connectivity index is 1.26. The highest BCUT2D eigenvalue weighted by Gasteiger charge is 2.36. The molecule has 0 spiro atoms. The van der Waals surface area contributed by atoms with Crippen LogP contribution in [0, 0.1) is 0 Å². The van der Waals surface area contributed by atoms with Crippen molar-refractivity contribution in [3.63, 3.8) is 0 Å². The highest BCUT2D eigenvalue weighted by molar-refractivity contribution is 5.94. The first kappa shape index (κ1) is 25.2. The highest BCUT2D eigenvalue weighted by atomic mass is 16.7. The van der Waals surface area contributed by atoms with Crippen LogP contribution in [0.5, 0.6) is 17.2 Å². The largest absolute Gasteiger partial charge is 0.508 e. The lowest BCUT2D eigenvalue weighted by Gasteiger charge is -2.30. The van der Waals surface area contributed by atoms with E-state index in [1.807, 2.05) is 0 Å². The van der Waals surface area contributed by atoms with Crippen LogP contribution in [-0.2, 0) is 22.4 Å². The number of esters is 1. The van der Waals surface area contributed by atoms with E-state index in [1.165, 1.54) is 48.5 Å². The van der Waals surface area contributed by atoms with Gasteiger partial charge in [-0.2, -0.15) is 0 Å². The summed E-state index contributed by atoms with van der Waals surface area (Å²) in [5.74, 6) is -0.583. The number of phenols is 2. The monoisotopic (exact) mass is 564 g/mol. The molecule has 0 saturated carbocycles. The van der Waals surface area contributed by atoms with E-state index in [1.54, 1.807) is 24.3 Å². The first-order valence-electron chi connectivity index (χ1n) is 12.9. The fraction of sp³-hybridized carbons (Fsp3) is 0.0938. The molecule has 0 fully saturated rings. The molecule has 3 N–H and O–H groups in total. The van der Waals surface area contributed by atoms with Gasteiger partial charge >= 0.3 is 17.2 Å². The number of ether oxygens (including phenoxy) is 2. The predicted octanol–water partition coefficient (Wildman–Crippen LogP) is 4.61. The number of carbonyl (C=O) groups excluding carboxylic acids is 1. The summed E-state index contributed by atoms with van der Waals surface area (Å²) < 4.78 is 21.8. The SMILES string of the molecule is O=C1OC2Oc3ccc(Cc4cc(=O)oc5cc(O)ccc45)cc3C(O)=C2C=C1Cc1cc(=O)oc2ccc(O)cc12. The highest BCUT2D eigenvalue weighted by Crippen LogP contribution is 2.39. The van der Waals surface area contributed by atoms with Crippen LogP contribution in [0.1, 0.15) is 22.3 Å². The molecule has 3 aromatic carbocycles. The Morgan fingerprint density at radius 2 is 1.38 bits per heavy atom. The standard InChI is InChI=1S/C32H20O10/c33-19-3-6-25-22(13-19)17(12-28(35)39-25)9-18-10-24-30(37)23-8-15(1-5-26(23)41-32(24)42-31(18)38)7-16-11-29(36)40-27-14-20(34)2-4-21(16)27/h1-6,8,10-14,32-34,37H,7,9H2. The Kier molecular flexibility index (Phi) is 5.65. The van der Waals surface area contributed by atoms with E-state index < -0.39 is 23.5 Å². The summed E-state index contributed by atoms with van der Waals surface area (Å²) in [5, 5.41) is 32.1. The van der Waals surface area contributed by atoms with E-state index in [2.05, 4.69) is 0 Å². The number of fused-ring (bicyclic) bond motifs is 4. The van der Waals surface area contributed by atoms with E-state index in [0.29, 0.717) is 39.6 Å². The molecule has 10 heteroatoms. The lowest BCUT2D eigenvalue weighted by atomic mass is 9.94. The molecular weight excluding hydrogens is 544 g/mol. The second-order valence-electron chi connectivity index (χ2n) is 10.1. The molecule has 0 aliphatic carbocycles. The normalized spacial score (nSPS) is 16.0. The lowest BCUT2D eigenvalue weighted by molar-refractivity contribution is -0.155. The van der Waals surface area contributed by atoms with Gasteiger partial charge in [0.25, 0.3) is 6.29 Å². The van der Waals surface area contributed by atoms with Gasteiger partial charge in [0.15, 0.2) is 0 Å². The van der Waals surface area contributed by atoms with Crippen molar-refractivity contribution < 1.29 is 38.4 Å². The number of carbonyl (C=O) groups is 1. The average molecular weight is 565 g/mol. The van der Waals surface area contributed by atoms with E-state index in [9.17, 15) is 29.7 Å². The van der Waals surface area contributed by atoms with Crippen molar-refractivity contribution in [1.29, 1.82) is 0 Å². The van der Waals surface area contributed by atoms with Crippen molar-refractivity contribution in [2.45, 2.75) is 19.1 Å². The molecule has 7 rings (SSSR count). The Bertz CT molecular complexity index is 2150. The summed E-state index contributed by atoms with van der Waals surface area (Å²) in [4.78, 5) is 37.2. The second kappa shape index (κ2) is 9.41. The number of rotatable bonds is 4. The Hall–Kier alpha value is -5.77. The topological polar surface area (TPSA) is 157 Å². The summed E-state index contributed by atoms with van der Waals surface area (Å²) in [6.07, 6.45) is 0.600. The zero-order chi connectivity index (χ0) is 29.1. The van der Waals surface area contributed by atoms with Crippen molar-refractivity contribution in [3.05, 3.63) is 127 Å². The molecule has 2 aliphatic heterocycles. The van der Waals surface area contributed by atoms with Gasteiger partial charge in [0, 0.05) is 41.0 Å². The maximum absolute atomic E-state index is 12.9. The molecule has 1 unspecified atom stereocenters. The Morgan fingerprint density at radius 1 is 0.667 bits per heavy atom. The van der Waals surface area contributed by atoms with Crippen molar-refractivity contribution in [2.75, 3.05) is 0 Å². The van der Waals surface area contributed by atoms with E-state index >= 15 is 0 Å². The van der Waals surface area contributed by atoms with E-state index in [0.717, 1.165) is 5.56 Å². The third kappa shape index (κ3) is 4.35. The van der Waals surface area contributed by atoms with Crippen LogP contribution in [0.4, 0.5) is 0 Å². The van der Waals surface area contributed by atoms with E-state index in [4.69, 9.17) is 18.3 Å². The third-order valence-electron chi connectivity index (χ3n) is 7.27.